The van der Waals surface area contributed by atoms with Crippen LogP contribution in [0.4, 0.5) is 0 Å². The van der Waals surface area contributed by atoms with Gasteiger partial charge in [-0.25, -0.2) is 5.57 Å². The Hall–Kier alpha value is -2.18. The van der Waals surface area contributed by atoms with E-state index in [4.69, 9.17) is 0 Å². The average Bonchev–Trinajstić information content (AvgIpc) is 3.62. The maximum absolute atomic E-state index is 3.37. The summed E-state index contributed by atoms with van der Waals surface area (Å²) in [6, 6.07) is 22.6. The monoisotopic (exact) mass is 724 g/mol. The molecule has 0 N–H and O–H groups in total. The fraction of sp³-hybridized carbons (Fsp3) is 0.349. The topological polar surface area (TPSA) is 0 Å². The molecule has 0 saturated carbocycles. The molecule has 0 saturated heterocycles. The van der Waals surface area contributed by atoms with Crippen LogP contribution >= 0.6 is 0 Å². The van der Waals surface area contributed by atoms with Gasteiger partial charge in [-0.15, -0.1) is 39.7 Å². The SMILES string of the molecule is CC1=CC(C)(C)c2cc3[cH-]c4cc5c(cc4c3cc21)C(C)=CC5(C)C.CC1=[C-]C(C)C=C1C(C)C.C[C](=[Zr+2])c1ccccc1.[Cl-].[Cl-]. The van der Waals surface area contributed by atoms with Crippen molar-refractivity contribution >= 4 is 35.9 Å². The Balaban J connectivity index is 0.000000228. The summed E-state index contributed by atoms with van der Waals surface area (Å²) in [5.41, 5.74) is 13.1. The summed E-state index contributed by atoms with van der Waals surface area (Å²) in [6.07, 6.45) is 10.5. The first-order valence-corrected chi connectivity index (χ1v) is 17.4. The van der Waals surface area contributed by atoms with Crippen LogP contribution in [0.3, 0.4) is 0 Å². The van der Waals surface area contributed by atoms with E-state index in [0.717, 1.165) is 0 Å². The molecule has 0 aromatic heterocycles. The van der Waals surface area contributed by atoms with Crippen molar-refractivity contribution in [2.75, 3.05) is 0 Å². The summed E-state index contributed by atoms with van der Waals surface area (Å²) in [5, 5.41) is 5.57. The van der Waals surface area contributed by atoms with Gasteiger partial charge in [-0.3, -0.25) is 6.08 Å². The fourth-order valence-electron chi connectivity index (χ4n) is 7.39. The number of allylic oxidation sites excluding steroid dienone is 8. The van der Waals surface area contributed by atoms with E-state index in [1.807, 2.05) is 6.07 Å². The molecule has 240 valence electrons. The van der Waals surface area contributed by atoms with Crippen LogP contribution < -0.4 is 24.8 Å². The Kier molecular flexibility index (Phi) is 12.1. The number of halogens is 2. The second-order valence-electron chi connectivity index (χ2n) is 14.5. The molecule has 46 heavy (non-hydrogen) atoms. The van der Waals surface area contributed by atoms with E-state index >= 15 is 0 Å². The van der Waals surface area contributed by atoms with E-state index in [0.29, 0.717) is 11.8 Å². The van der Waals surface area contributed by atoms with E-state index in [9.17, 15) is 0 Å². The van der Waals surface area contributed by atoms with E-state index in [1.165, 1.54) is 99.1 Å². The van der Waals surface area contributed by atoms with Crippen LogP contribution in [-0.4, -0.2) is 3.21 Å². The summed E-state index contributed by atoms with van der Waals surface area (Å²) in [5.74, 6) is 1.20. The quantitative estimate of drug-likeness (QED) is 0.228. The first kappa shape index (κ1) is 38.3. The zero-order valence-electron chi connectivity index (χ0n) is 29.4. The van der Waals surface area contributed by atoms with Crippen LogP contribution in [0.15, 0.2) is 90.0 Å². The molecule has 1 atom stereocenters. The van der Waals surface area contributed by atoms with Crippen molar-refractivity contribution in [1.82, 2.24) is 0 Å². The van der Waals surface area contributed by atoms with Crippen LogP contribution in [0, 0.1) is 17.9 Å². The van der Waals surface area contributed by atoms with Crippen LogP contribution in [-0.2, 0) is 35.1 Å². The molecule has 0 bridgehead atoms. The first-order chi connectivity index (χ1) is 20.6. The smallest absolute Gasteiger partial charge is 1.00 e. The Morgan fingerprint density at radius 1 is 0.783 bits per heavy atom. The summed E-state index contributed by atoms with van der Waals surface area (Å²) >= 11 is 1.51. The average molecular weight is 727 g/mol. The third kappa shape index (κ3) is 7.59. The first-order valence-electron chi connectivity index (χ1n) is 16.1. The fourth-order valence-corrected chi connectivity index (χ4v) is 7.80. The van der Waals surface area contributed by atoms with E-state index in [2.05, 4.69) is 155 Å². The zero-order chi connectivity index (χ0) is 32.1. The number of rotatable bonds is 2. The van der Waals surface area contributed by atoms with E-state index in [-0.39, 0.29) is 35.6 Å². The standard InChI is InChI=1S/C25H25.C10H15.C8H8.2ClH.Zr/c1-14-12-24(3,4)22-8-16-7-17-9-23-19(15(2)13-25(23,5)6)11-21(17)20(16)10-18(14)22;1-7(2)10-6-8(3)5-9(10)4;1-2-8-6-4-3-5-7-8;;;/h7-13H,1-6H3;6-8H,1-4H3;3-7H,1H3;2*1H;/q2*-1;;;;+2/p-2. The molecule has 0 amide bonds. The molecular weight excluding hydrogens is 679 g/mol. The molecule has 3 aliphatic carbocycles. The van der Waals surface area contributed by atoms with Crippen LogP contribution in [0.1, 0.15) is 104 Å². The van der Waals surface area contributed by atoms with Gasteiger partial charge in [-0.1, -0.05) is 103 Å². The van der Waals surface area contributed by atoms with Crippen LogP contribution in [0.2, 0.25) is 0 Å². The van der Waals surface area contributed by atoms with Gasteiger partial charge in [0.1, 0.15) is 0 Å². The second kappa shape index (κ2) is 14.5. The molecule has 7 rings (SSSR count). The molecule has 4 aromatic rings. The van der Waals surface area contributed by atoms with Crippen molar-refractivity contribution in [3.05, 3.63) is 124 Å². The van der Waals surface area contributed by atoms with Gasteiger partial charge in [0.2, 0.25) is 0 Å². The van der Waals surface area contributed by atoms with Crippen molar-refractivity contribution in [3.8, 4) is 0 Å². The summed E-state index contributed by atoms with van der Waals surface area (Å²) in [7, 11) is 0. The normalized spacial score (nSPS) is 18.1. The van der Waals surface area contributed by atoms with Gasteiger partial charge in [0, 0.05) is 10.8 Å². The van der Waals surface area contributed by atoms with Gasteiger partial charge in [0.05, 0.1) is 0 Å². The molecule has 0 radical (unpaired) electrons. The molecule has 0 heterocycles. The second-order valence-corrected chi connectivity index (χ2v) is 16.4. The van der Waals surface area contributed by atoms with Crippen molar-refractivity contribution in [2.24, 2.45) is 11.8 Å². The number of hydrogen-bond acceptors (Lipinski definition) is 0. The third-order valence-electron chi connectivity index (χ3n) is 9.51. The van der Waals surface area contributed by atoms with Crippen LogP contribution in [0.5, 0.6) is 0 Å². The van der Waals surface area contributed by atoms with Gasteiger partial charge in [0.15, 0.2) is 0 Å². The molecule has 0 aliphatic heterocycles. The predicted octanol–water partition coefficient (Wildman–Crippen LogP) is 5.85. The molecule has 0 fully saturated rings. The number of hydrogen-bond donors (Lipinski definition) is 0. The van der Waals surface area contributed by atoms with Crippen molar-refractivity contribution in [1.29, 1.82) is 0 Å². The Bertz CT molecular complexity index is 1800. The van der Waals surface area contributed by atoms with E-state index < -0.39 is 0 Å². The Labute approximate surface area is 305 Å². The van der Waals surface area contributed by atoms with Gasteiger partial charge >= 0.3 is 70.3 Å². The number of benzene rings is 3. The zero-order valence-corrected chi connectivity index (χ0v) is 33.4. The Morgan fingerprint density at radius 3 is 1.57 bits per heavy atom. The van der Waals surface area contributed by atoms with Crippen molar-refractivity contribution in [2.45, 2.75) is 87.0 Å². The Morgan fingerprint density at radius 2 is 1.24 bits per heavy atom. The molecule has 3 aliphatic rings. The molecular formula is C43H48Cl2Zr-2. The summed E-state index contributed by atoms with van der Waals surface area (Å²) in [4.78, 5) is 0. The maximum atomic E-state index is 3.37. The molecule has 4 aromatic carbocycles. The largest absolute Gasteiger partial charge is 1.00 e. The minimum Gasteiger partial charge on any atom is -1.00 e. The minimum absolute atomic E-state index is 0. The summed E-state index contributed by atoms with van der Waals surface area (Å²) < 4.78 is 1.46. The van der Waals surface area contributed by atoms with Gasteiger partial charge in [-0.2, -0.15) is 11.6 Å². The van der Waals surface area contributed by atoms with Gasteiger partial charge in [0.25, 0.3) is 0 Å². The van der Waals surface area contributed by atoms with Crippen molar-refractivity contribution in [3.63, 3.8) is 0 Å². The molecule has 3 heteroatoms. The minimum atomic E-state index is 0. The van der Waals surface area contributed by atoms with E-state index in [1.54, 1.807) is 0 Å². The predicted molar refractivity (Wildman–Crippen MR) is 191 cm³/mol. The maximum Gasteiger partial charge on any atom is -1.00 e. The summed E-state index contributed by atoms with van der Waals surface area (Å²) in [6.45, 7) is 24.7. The van der Waals surface area contributed by atoms with Crippen LogP contribution in [0.25, 0.3) is 32.7 Å². The van der Waals surface area contributed by atoms with Crippen molar-refractivity contribution < 1.29 is 49.0 Å². The van der Waals surface area contributed by atoms with Gasteiger partial charge in [-0.05, 0) is 36.1 Å². The molecule has 0 nitrogen and oxygen atoms in total. The molecule has 1 unspecified atom stereocenters. The number of fused-ring (bicyclic) bond motifs is 5. The van der Waals surface area contributed by atoms with Gasteiger partial charge < -0.3 is 24.8 Å². The third-order valence-corrected chi connectivity index (χ3v) is 10.2. The molecule has 0 spiro atoms.